The van der Waals surface area contributed by atoms with Crippen LogP contribution in [-0.4, -0.2) is 35.1 Å². The third kappa shape index (κ3) is 5.81. The first kappa shape index (κ1) is 32.4. The summed E-state index contributed by atoms with van der Waals surface area (Å²) < 4.78 is 0. The average Bonchev–Trinajstić information content (AvgIpc) is 3.06. The number of carbonyl (C=O) groups is 4. The lowest BCUT2D eigenvalue weighted by Gasteiger charge is -2.30. The standard InChI is InChI=1S/C40H45N3O4/c1-3-5-7-8-9-11-13-24(12-10-6-4-2)22-23-43-39(46)31-20-16-27-25-14-18-29(37(41)44)35-30(38(42)45)19-15-26(33(25)35)28-17-21-32(40(43)47)36(31)34(27)28/h14-21,24H,3-13,22-23H2,1-2H3,(H2,41,44)(H2,42,45). The molecule has 5 aromatic carbocycles. The van der Waals surface area contributed by atoms with Crippen molar-refractivity contribution in [3.8, 4) is 0 Å². The molecule has 1 heterocycles. The number of carbonyl (C=O) groups excluding carboxylic acids is 4. The quantitative estimate of drug-likeness (QED) is 0.0488. The highest BCUT2D eigenvalue weighted by atomic mass is 16.2. The predicted octanol–water partition coefficient (Wildman–Crippen LogP) is 8.87. The molecule has 4 N–H and O–H groups in total. The molecule has 0 saturated heterocycles. The molecule has 1 aliphatic rings. The third-order valence-electron chi connectivity index (χ3n) is 10.3. The normalized spacial score (nSPS) is 13.9. The lowest BCUT2D eigenvalue weighted by molar-refractivity contribution is 0.0599. The molecule has 6 rings (SSSR count). The number of unbranched alkanes of at least 4 members (excludes halogenated alkanes) is 7. The molecule has 0 spiro atoms. The van der Waals surface area contributed by atoms with Gasteiger partial charge in [-0.3, -0.25) is 24.1 Å². The zero-order valence-electron chi connectivity index (χ0n) is 27.6. The van der Waals surface area contributed by atoms with Gasteiger partial charge in [-0.05, 0) is 68.9 Å². The Hall–Kier alpha value is -4.52. The number of benzene rings is 5. The van der Waals surface area contributed by atoms with Crippen LogP contribution in [0, 0.1) is 5.92 Å². The number of imide groups is 1. The first-order chi connectivity index (χ1) is 22.8. The van der Waals surface area contributed by atoms with E-state index in [1.807, 2.05) is 36.4 Å². The summed E-state index contributed by atoms with van der Waals surface area (Å²) in [5.41, 5.74) is 13.0. The number of hydrogen-bond acceptors (Lipinski definition) is 4. The van der Waals surface area contributed by atoms with Crippen LogP contribution in [0.5, 0.6) is 0 Å². The Morgan fingerprint density at radius 3 is 1.49 bits per heavy atom. The molecule has 244 valence electrons. The molecule has 0 bridgehead atoms. The van der Waals surface area contributed by atoms with Gasteiger partial charge in [0, 0.05) is 39.6 Å². The first-order valence-electron chi connectivity index (χ1n) is 17.4. The Kier molecular flexibility index (Phi) is 9.44. The Labute approximate surface area is 276 Å². The fourth-order valence-corrected chi connectivity index (χ4v) is 7.88. The van der Waals surface area contributed by atoms with Gasteiger partial charge in [-0.15, -0.1) is 0 Å². The SMILES string of the molecule is CCCCCCCCC(CCCCC)CCN1C(=O)c2ccc3c4ccc(C(N)=O)c5c(C(N)=O)ccc(c6ccc(c2c36)C1=O)c54. The highest BCUT2D eigenvalue weighted by molar-refractivity contribution is 6.40. The Bertz CT molecular complexity index is 1890. The fourth-order valence-electron chi connectivity index (χ4n) is 7.88. The van der Waals surface area contributed by atoms with Crippen molar-refractivity contribution < 1.29 is 19.2 Å². The number of amides is 4. The molecule has 0 radical (unpaired) electrons. The zero-order valence-corrected chi connectivity index (χ0v) is 27.6. The van der Waals surface area contributed by atoms with Crippen molar-refractivity contribution in [2.24, 2.45) is 17.4 Å². The summed E-state index contributed by atoms with van der Waals surface area (Å²) in [5.74, 6) is -1.30. The molecule has 5 aromatic rings. The lowest BCUT2D eigenvalue weighted by atomic mass is 9.83. The van der Waals surface area contributed by atoms with Crippen LogP contribution < -0.4 is 11.5 Å². The van der Waals surface area contributed by atoms with Crippen LogP contribution >= 0.6 is 0 Å². The van der Waals surface area contributed by atoms with E-state index < -0.39 is 11.8 Å². The van der Waals surface area contributed by atoms with Crippen LogP contribution in [0.2, 0.25) is 0 Å². The van der Waals surface area contributed by atoms with Crippen molar-refractivity contribution in [3.63, 3.8) is 0 Å². The van der Waals surface area contributed by atoms with Crippen molar-refractivity contribution in [3.05, 3.63) is 70.8 Å². The van der Waals surface area contributed by atoms with E-state index in [1.165, 1.54) is 62.7 Å². The second-order valence-corrected chi connectivity index (χ2v) is 13.3. The molecule has 0 aliphatic carbocycles. The van der Waals surface area contributed by atoms with E-state index in [4.69, 9.17) is 11.5 Å². The van der Waals surface area contributed by atoms with Crippen LogP contribution in [0.3, 0.4) is 0 Å². The first-order valence-corrected chi connectivity index (χ1v) is 17.4. The lowest BCUT2D eigenvalue weighted by Crippen LogP contribution is -2.41. The minimum Gasteiger partial charge on any atom is -0.366 e. The minimum absolute atomic E-state index is 0.221. The molecule has 1 atom stereocenters. The molecular formula is C40H45N3O4. The summed E-state index contributed by atoms with van der Waals surface area (Å²) in [5, 5.41) is 5.88. The van der Waals surface area contributed by atoms with Crippen molar-refractivity contribution in [1.29, 1.82) is 0 Å². The van der Waals surface area contributed by atoms with E-state index in [2.05, 4.69) is 13.8 Å². The third-order valence-corrected chi connectivity index (χ3v) is 10.3. The molecule has 1 unspecified atom stereocenters. The van der Waals surface area contributed by atoms with E-state index in [9.17, 15) is 19.2 Å². The maximum atomic E-state index is 14.1. The summed E-state index contributed by atoms with van der Waals surface area (Å²) in [7, 11) is 0. The molecule has 1 aliphatic heterocycles. The van der Waals surface area contributed by atoms with Crippen LogP contribution in [0.25, 0.3) is 43.1 Å². The number of hydrogen-bond donors (Lipinski definition) is 2. The predicted molar refractivity (Wildman–Crippen MR) is 190 cm³/mol. The molecule has 0 fully saturated rings. The van der Waals surface area contributed by atoms with Crippen LogP contribution in [0.15, 0.2) is 48.5 Å². The highest BCUT2D eigenvalue weighted by Crippen LogP contribution is 2.45. The van der Waals surface area contributed by atoms with Crippen molar-refractivity contribution >= 4 is 66.7 Å². The molecule has 47 heavy (non-hydrogen) atoms. The number of fused-ring (bicyclic) bond motifs is 2. The number of nitrogens with two attached hydrogens (primary N) is 2. The van der Waals surface area contributed by atoms with Gasteiger partial charge in [0.05, 0.1) is 0 Å². The maximum Gasteiger partial charge on any atom is 0.261 e. The van der Waals surface area contributed by atoms with Crippen molar-refractivity contribution in [2.75, 3.05) is 6.54 Å². The Morgan fingerprint density at radius 2 is 0.979 bits per heavy atom. The Balaban J connectivity index is 1.37. The van der Waals surface area contributed by atoms with Gasteiger partial charge in [-0.25, -0.2) is 0 Å². The van der Waals surface area contributed by atoms with Crippen LogP contribution in [0.1, 0.15) is 132 Å². The van der Waals surface area contributed by atoms with E-state index in [0.717, 1.165) is 46.2 Å². The van der Waals surface area contributed by atoms with E-state index in [0.29, 0.717) is 39.7 Å². The van der Waals surface area contributed by atoms with Crippen molar-refractivity contribution in [1.82, 2.24) is 4.90 Å². The molecule has 0 saturated carbocycles. The zero-order chi connectivity index (χ0) is 33.2. The van der Waals surface area contributed by atoms with Gasteiger partial charge in [0.25, 0.3) is 11.8 Å². The highest BCUT2D eigenvalue weighted by Gasteiger charge is 2.34. The second-order valence-electron chi connectivity index (χ2n) is 13.3. The number of nitrogens with zero attached hydrogens (tertiary/aromatic N) is 1. The minimum atomic E-state index is -0.650. The number of primary amides is 2. The molecule has 0 aromatic heterocycles. The summed E-state index contributed by atoms with van der Waals surface area (Å²) >= 11 is 0. The molecule has 7 nitrogen and oxygen atoms in total. The van der Waals surface area contributed by atoms with Gasteiger partial charge in [-0.2, -0.15) is 0 Å². The summed E-state index contributed by atoms with van der Waals surface area (Å²) in [6.07, 6.45) is 14.2. The fraction of sp³-hybridized carbons (Fsp3) is 0.400. The summed E-state index contributed by atoms with van der Waals surface area (Å²) in [4.78, 5) is 54.5. The topological polar surface area (TPSA) is 124 Å². The van der Waals surface area contributed by atoms with Gasteiger partial charge in [0.15, 0.2) is 0 Å². The average molecular weight is 632 g/mol. The monoisotopic (exact) mass is 631 g/mol. The van der Waals surface area contributed by atoms with Crippen LogP contribution in [0.4, 0.5) is 0 Å². The van der Waals surface area contributed by atoms with Gasteiger partial charge in [0.1, 0.15) is 0 Å². The second kappa shape index (κ2) is 13.7. The number of rotatable bonds is 16. The summed E-state index contributed by atoms with van der Waals surface area (Å²) in [6, 6.07) is 14.4. The summed E-state index contributed by atoms with van der Waals surface area (Å²) in [6.45, 7) is 4.88. The maximum absolute atomic E-state index is 14.1. The molecule has 4 amide bonds. The van der Waals surface area contributed by atoms with Gasteiger partial charge in [0.2, 0.25) is 11.8 Å². The van der Waals surface area contributed by atoms with Crippen molar-refractivity contribution in [2.45, 2.75) is 90.9 Å². The van der Waals surface area contributed by atoms with Gasteiger partial charge < -0.3 is 11.5 Å². The van der Waals surface area contributed by atoms with E-state index in [-0.39, 0.29) is 22.9 Å². The van der Waals surface area contributed by atoms with E-state index in [1.54, 1.807) is 12.1 Å². The van der Waals surface area contributed by atoms with Gasteiger partial charge in [-0.1, -0.05) is 109 Å². The van der Waals surface area contributed by atoms with Crippen LogP contribution in [-0.2, 0) is 0 Å². The smallest absolute Gasteiger partial charge is 0.261 e. The molecular weight excluding hydrogens is 586 g/mol. The Morgan fingerprint density at radius 1 is 0.553 bits per heavy atom. The largest absolute Gasteiger partial charge is 0.366 e. The van der Waals surface area contributed by atoms with E-state index >= 15 is 0 Å². The van der Waals surface area contributed by atoms with Gasteiger partial charge >= 0.3 is 0 Å². The molecule has 7 heteroatoms.